The minimum Gasteiger partial charge on any atom is -0.346 e. The fourth-order valence-corrected chi connectivity index (χ4v) is 7.87. The van der Waals surface area contributed by atoms with Crippen LogP contribution in [0.25, 0.3) is 11.0 Å². The fourth-order valence-electron chi connectivity index (χ4n) is 3.96. The molecule has 2 atom stereocenters. The Kier molecular flexibility index (Phi) is 8.52. The number of aromatic amines is 1. The van der Waals surface area contributed by atoms with Crippen molar-refractivity contribution in [2.45, 2.75) is 16.2 Å². The average molecular weight is 693 g/mol. The molecule has 1 aliphatic heterocycles. The van der Waals surface area contributed by atoms with Gasteiger partial charge < -0.3 is 4.98 Å². The number of hydrogen-bond acceptors (Lipinski definition) is 9. The van der Waals surface area contributed by atoms with E-state index < -0.39 is 41.5 Å². The third kappa shape index (κ3) is 6.53. The van der Waals surface area contributed by atoms with Gasteiger partial charge in [0.2, 0.25) is 0 Å². The first-order valence-corrected chi connectivity index (χ1v) is 16.7. The standard InChI is InChI=1S/C25H22AsBrN4O8S/c27-16-1-3-20(23(10-16)39-17-9-15-5-6-28-24(15)29-13-17)25(32)30-40(35,36)19-2-4-21(22(11-19)31(33)34)26-12-18-14-37-7-8-38-18/h1-6,9-11,13,18,26H,7-8,12,14H2,(H,28,29)(H,30,32). The van der Waals surface area contributed by atoms with Crippen LogP contribution in [0.2, 0.25) is 5.21 Å². The van der Waals surface area contributed by atoms with Gasteiger partial charge in [0.25, 0.3) is 0 Å². The minimum absolute atomic E-state index is 0.0616. The third-order valence-electron chi connectivity index (χ3n) is 5.90. The van der Waals surface area contributed by atoms with E-state index in [1.165, 1.54) is 30.5 Å². The summed E-state index contributed by atoms with van der Waals surface area (Å²) in [5.74, 6) is -0.547. The van der Waals surface area contributed by atoms with Gasteiger partial charge in [-0.15, -0.1) is 0 Å². The predicted octanol–water partition coefficient (Wildman–Crippen LogP) is 3.04. The van der Waals surface area contributed by atoms with Gasteiger partial charge in [-0.3, -0.25) is 0 Å². The summed E-state index contributed by atoms with van der Waals surface area (Å²) in [4.78, 5) is 31.1. The third-order valence-corrected chi connectivity index (χ3v) is 10.8. The zero-order chi connectivity index (χ0) is 28.3. The molecule has 2 unspecified atom stereocenters. The van der Waals surface area contributed by atoms with Crippen molar-refractivity contribution in [1.29, 1.82) is 0 Å². The number of ether oxygens (including phenoxy) is 3. The number of carbonyl (C=O) groups is 1. The zero-order valence-corrected chi connectivity index (χ0v) is 25.1. The van der Waals surface area contributed by atoms with Gasteiger partial charge in [-0.25, -0.2) is 4.98 Å². The van der Waals surface area contributed by atoms with Crippen LogP contribution in [-0.2, 0) is 19.5 Å². The summed E-state index contributed by atoms with van der Waals surface area (Å²) < 4.78 is 46.2. The quantitative estimate of drug-likeness (QED) is 0.153. The molecule has 1 aliphatic rings. The topological polar surface area (TPSA) is 163 Å². The Hall–Kier alpha value is -3.29. The summed E-state index contributed by atoms with van der Waals surface area (Å²) in [6, 6.07) is 11.7. The molecule has 2 aromatic carbocycles. The maximum atomic E-state index is 13.1. The molecule has 0 bridgehead atoms. The predicted molar refractivity (Wildman–Crippen MR) is 150 cm³/mol. The number of hydrogen-bond donors (Lipinski definition) is 2. The Labute approximate surface area is 243 Å². The number of nitrogens with zero attached hydrogens (tertiary/aromatic N) is 2. The second kappa shape index (κ2) is 12.1. The number of sulfonamides is 1. The first-order valence-electron chi connectivity index (χ1n) is 11.9. The number of H-pyrrole nitrogens is 1. The van der Waals surface area contributed by atoms with Crippen molar-refractivity contribution in [3.8, 4) is 11.5 Å². The molecule has 1 amide bonds. The van der Waals surface area contributed by atoms with E-state index in [0.717, 1.165) is 11.5 Å². The first-order chi connectivity index (χ1) is 19.2. The van der Waals surface area contributed by atoms with Crippen molar-refractivity contribution in [3.63, 3.8) is 0 Å². The van der Waals surface area contributed by atoms with Crippen LogP contribution in [0.1, 0.15) is 10.4 Å². The molecule has 40 heavy (non-hydrogen) atoms. The Morgan fingerprint density at radius 3 is 2.85 bits per heavy atom. The molecule has 2 N–H and O–H groups in total. The Bertz CT molecular complexity index is 1690. The van der Waals surface area contributed by atoms with E-state index in [1.54, 1.807) is 24.4 Å². The number of benzene rings is 2. The number of nitro benzene ring substituents is 1. The summed E-state index contributed by atoms with van der Waals surface area (Å²) in [5.41, 5.74) is 0.283. The average Bonchev–Trinajstić information content (AvgIpc) is 3.40. The smallest absolute Gasteiger partial charge is 0.346 e. The molecule has 1 fully saturated rings. The number of nitrogens with one attached hydrogen (secondary N) is 2. The molecule has 12 nitrogen and oxygen atoms in total. The van der Waals surface area contributed by atoms with Gasteiger partial charge in [0.15, 0.2) is 0 Å². The number of rotatable bonds is 9. The number of nitro groups is 1. The van der Waals surface area contributed by atoms with Gasteiger partial charge in [0, 0.05) is 11.6 Å². The first kappa shape index (κ1) is 28.2. The van der Waals surface area contributed by atoms with E-state index in [0.29, 0.717) is 45.2 Å². The van der Waals surface area contributed by atoms with Crippen LogP contribution in [0.3, 0.4) is 0 Å². The number of halogens is 1. The zero-order valence-electron chi connectivity index (χ0n) is 20.6. The molecule has 0 radical (unpaired) electrons. The number of carbonyl (C=O) groups excluding carboxylic acids is 1. The summed E-state index contributed by atoms with van der Waals surface area (Å²) in [6.07, 6.45) is 3.05. The number of aromatic nitrogens is 2. The monoisotopic (exact) mass is 692 g/mol. The molecule has 208 valence electrons. The maximum absolute atomic E-state index is 13.1. The molecular weight excluding hydrogens is 671 g/mol. The van der Waals surface area contributed by atoms with Gasteiger partial charge in [-0.1, -0.05) is 0 Å². The molecule has 15 heteroatoms. The number of fused-ring (bicyclic) bond motifs is 1. The minimum atomic E-state index is -4.46. The normalized spacial score (nSPS) is 15.9. The molecule has 0 saturated carbocycles. The van der Waals surface area contributed by atoms with E-state index in [-0.39, 0.29) is 23.1 Å². The Balaban J connectivity index is 1.35. The molecule has 3 heterocycles. The van der Waals surface area contributed by atoms with E-state index in [4.69, 9.17) is 14.2 Å². The van der Waals surface area contributed by atoms with Crippen LogP contribution < -0.4 is 13.8 Å². The fraction of sp³-hybridized carbons (Fsp3) is 0.200. The summed E-state index contributed by atoms with van der Waals surface area (Å²) >= 11 is 2.32. The van der Waals surface area contributed by atoms with Crippen LogP contribution >= 0.6 is 15.9 Å². The van der Waals surface area contributed by atoms with Crippen LogP contribution in [-0.4, -0.2) is 70.9 Å². The van der Waals surface area contributed by atoms with Gasteiger partial charge in [0.1, 0.15) is 5.65 Å². The van der Waals surface area contributed by atoms with Crippen LogP contribution in [0.5, 0.6) is 11.5 Å². The van der Waals surface area contributed by atoms with E-state index in [1.807, 2.05) is 4.72 Å². The molecule has 4 aromatic rings. The summed E-state index contributed by atoms with van der Waals surface area (Å²) in [7, 11) is -4.46. The Morgan fingerprint density at radius 1 is 1.23 bits per heavy atom. The van der Waals surface area contributed by atoms with E-state index in [2.05, 4.69) is 25.9 Å². The molecule has 0 aliphatic carbocycles. The number of pyridine rings is 1. The second-order valence-corrected chi connectivity index (χ2v) is 14.0. The van der Waals surface area contributed by atoms with Gasteiger partial charge >= 0.3 is 211 Å². The second-order valence-electron chi connectivity index (χ2n) is 8.65. The van der Waals surface area contributed by atoms with Crippen LogP contribution in [0.15, 0.2) is 70.3 Å². The van der Waals surface area contributed by atoms with E-state index in [9.17, 15) is 23.3 Å². The van der Waals surface area contributed by atoms with Crippen molar-refractivity contribution >= 4 is 68.7 Å². The van der Waals surface area contributed by atoms with Crippen molar-refractivity contribution in [2.75, 3.05) is 19.8 Å². The van der Waals surface area contributed by atoms with Crippen molar-refractivity contribution < 1.29 is 32.3 Å². The van der Waals surface area contributed by atoms with Crippen molar-refractivity contribution in [3.05, 3.63) is 81.1 Å². The Morgan fingerprint density at radius 2 is 2.08 bits per heavy atom. The molecular formula is C25H22AsBrN4O8S. The van der Waals surface area contributed by atoms with Gasteiger partial charge in [0.05, 0.1) is 0 Å². The van der Waals surface area contributed by atoms with Crippen LogP contribution in [0.4, 0.5) is 5.69 Å². The van der Waals surface area contributed by atoms with Gasteiger partial charge in [-0.2, -0.15) is 0 Å². The van der Waals surface area contributed by atoms with Gasteiger partial charge in [-0.05, 0) is 6.07 Å². The van der Waals surface area contributed by atoms with E-state index >= 15 is 0 Å². The molecule has 5 rings (SSSR count). The summed E-state index contributed by atoms with van der Waals surface area (Å²) in [5, 5.41) is 13.2. The molecule has 0 spiro atoms. The van der Waals surface area contributed by atoms with Crippen LogP contribution in [0, 0.1) is 10.1 Å². The summed E-state index contributed by atoms with van der Waals surface area (Å²) in [6.45, 7) is 1.41. The van der Waals surface area contributed by atoms with Crippen molar-refractivity contribution in [2.24, 2.45) is 0 Å². The SMILES string of the molecule is O=C(NS(=O)(=O)c1ccc([AsH]CC2COCCO2)c([N+](=O)[O-])c1)c1ccc(Br)cc1Oc1cnc2[nH]ccc2c1. The number of amides is 1. The molecule has 2 aromatic heterocycles. The molecule has 1 saturated heterocycles. The van der Waals surface area contributed by atoms with Crippen molar-refractivity contribution in [1.82, 2.24) is 14.7 Å².